The number of ether oxygens (including phenoxy) is 1. The minimum absolute atomic E-state index is 0.0849. The zero-order chi connectivity index (χ0) is 19.6. The van der Waals surface area contributed by atoms with Crippen molar-refractivity contribution in [3.63, 3.8) is 0 Å². The molecule has 0 saturated heterocycles. The molecule has 140 valence electrons. The van der Waals surface area contributed by atoms with Crippen molar-refractivity contribution in [3.8, 4) is 11.6 Å². The van der Waals surface area contributed by atoms with E-state index in [1.54, 1.807) is 26.0 Å². The molecule has 9 nitrogen and oxygen atoms in total. The highest BCUT2D eigenvalue weighted by Crippen LogP contribution is 2.32. The molecule has 1 atom stereocenters. The second-order valence-electron chi connectivity index (χ2n) is 6.31. The van der Waals surface area contributed by atoms with Gasteiger partial charge in [-0.25, -0.2) is 4.68 Å². The Labute approximate surface area is 150 Å². The predicted molar refractivity (Wildman–Crippen MR) is 95.7 cm³/mol. The number of phenolic OH excluding ortho intramolecular Hbond substituents is 1. The lowest BCUT2D eigenvalue weighted by molar-refractivity contribution is -0.385. The number of nitro groups is 1. The maximum Gasteiger partial charge on any atom is 0.350 e. The number of nitrogens with one attached hydrogen (secondary N) is 1. The Morgan fingerprint density at radius 2 is 2.04 bits per heavy atom. The van der Waals surface area contributed by atoms with Gasteiger partial charge in [-0.1, -0.05) is 13.8 Å². The molecule has 26 heavy (non-hydrogen) atoms. The maximum absolute atomic E-state index is 12.6. The van der Waals surface area contributed by atoms with Crippen LogP contribution in [0.1, 0.15) is 43.9 Å². The van der Waals surface area contributed by atoms with E-state index in [-0.39, 0.29) is 23.2 Å². The Morgan fingerprint density at radius 3 is 2.54 bits per heavy atom. The van der Waals surface area contributed by atoms with Crippen molar-refractivity contribution < 1.29 is 19.6 Å². The van der Waals surface area contributed by atoms with Gasteiger partial charge in [-0.2, -0.15) is 0 Å². The van der Waals surface area contributed by atoms with Crippen LogP contribution in [0.3, 0.4) is 0 Å². The summed E-state index contributed by atoms with van der Waals surface area (Å²) in [4.78, 5) is 22.9. The van der Waals surface area contributed by atoms with E-state index >= 15 is 0 Å². The number of hydrogen-bond acceptors (Lipinski definition) is 6. The molecule has 0 aliphatic heterocycles. The molecule has 2 rings (SSSR count). The highest BCUT2D eigenvalue weighted by Gasteiger charge is 2.25. The van der Waals surface area contributed by atoms with Gasteiger partial charge in [0.05, 0.1) is 12.0 Å². The fourth-order valence-corrected chi connectivity index (χ4v) is 2.50. The van der Waals surface area contributed by atoms with Gasteiger partial charge < -0.3 is 15.2 Å². The number of carbonyl (C=O) groups excluding carboxylic acids is 1. The number of aryl methyl sites for hydroxylation is 1. The summed E-state index contributed by atoms with van der Waals surface area (Å²) in [5, 5.41) is 27.8. The normalized spacial score (nSPS) is 12.1. The molecule has 0 radical (unpaired) electrons. The van der Waals surface area contributed by atoms with Crippen LogP contribution in [0.25, 0.3) is 0 Å². The van der Waals surface area contributed by atoms with Crippen molar-refractivity contribution in [1.29, 1.82) is 0 Å². The lowest BCUT2D eigenvalue weighted by Gasteiger charge is -2.17. The van der Waals surface area contributed by atoms with E-state index in [1.807, 2.05) is 13.8 Å². The summed E-state index contributed by atoms with van der Waals surface area (Å²) in [6.07, 6.45) is 1.16. The van der Waals surface area contributed by atoms with E-state index < -0.39 is 16.9 Å². The van der Waals surface area contributed by atoms with Crippen LogP contribution in [0.15, 0.2) is 18.3 Å². The monoisotopic (exact) mass is 362 g/mol. The molecule has 0 saturated carbocycles. The molecule has 0 spiro atoms. The van der Waals surface area contributed by atoms with Gasteiger partial charge in [0.1, 0.15) is 18.0 Å². The minimum atomic E-state index is -0.798. The van der Waals surface area contributed by atoms with Crippen LogP contribution in [-0.2, 0) is 4.79 Å². The second-order valence-corrected chi connectivity index (χ2v) is 6.31. The number of anilines is 1. The minimum Gasteiger partial charge on any atom is -0.508 e. The first-order chi connectivity index (χ1) is 12.1. The van der Waals surface area contributed by atoms with Gasteiger partial charge in [-0.15, -0.1) is 5.10 Å². The molecular formula is C17H22N4O5. The first-order valence-corrected chi connectivity index (χ1v) is 8.07. The van der Waals surface area contributed by atoms with Crippen molar-refractivity contribution in [3.05, 3.63) is 39.6 Å². The third-order valence-corrected chi connectivity index (χ3v) is 4.10. The van der Waals surface area contributed by atoms with Crippen LogP contribution in [0, 0.1) is 17.0 Å². The first kappa shape index (κ1) is 19.2. The van der Waals surface area contributed by atoms with Gasteiger partial charge in [-0.05, 0) is 43.0 Å². The molecule has 1 aromatic heterocycles. The highest BCUT2D eigenvalue weighted by atomic mass is 16.6. The lowest BCUT2D eigenvalue weighted by atomic mass is 9.99. The number of phenols is 1. The Hall–Kier alpha value is -3.10. The van der Waals surface area contributed by atoms with Crippen LogP contribution in [0.4, 0.5) is 11.4 Å². The van der Waals surface area contributed by atoms with E-state index in [9.17, 15) is 20.0 Å². The molecule has 1 amide bonds. The maximum atomic E-state index is 12.6. The van der Waals surface area contributed by atoms with Gasteiger partial charge in [0, 0.05) is 5.69 Å². The van der Waals surface area contributed by atoms with Crippen molar-refractivity contribution in [2.24, 2.45) is 0 Å². The number of rotatable bonds is 6. The first-order valence-electron chi connectivity index (χ1n) is 8.07. The van der Waals surface area contributed by atoms with Crippen molar-refractivity contribution >= 4 is 17.3 Å². The Bertz CT molecular complexity index is 844. The molecule has 0 aliphatic rings. The van der Waals surface area contributed by atoms with Crippen LogP contribution < -0.4 is 10.1 Å². The van der Waals surface area contributed by atoms with Crippen LogP contribution >= 0.6 is 0 Å². The number of aromatic hydroxyl groups is 1. The van der Waals surface area contributed by atoms with Gasteiger partial charge in [0.2, 0.25) is 5.91 Å². The summed E-state index contributed by atoms with van der Waals surface area (Å²) in [6.45, 7) is 7.22. The molecule has 1 aromatic carbocycles. The molecular weight excluding hydrogens is 340 g/mol. The highest BCUT2D eigenvalue weighted by molar-refractivity contribution is 5.94. The number of amides is 1. The van der Waals surface area contributed by atoms with E-state index in [4.69, 9.17) is 4.74 Å². The predicted octanol–water partition coefficient (Wildman–Crippen LogP) is 3.14. The summed E-state index contributed by atoms with van der Waals surface area (Å²) in [5.74, 6) is -0.288. The third kappa shape index (κ3) is 3.76. The van der Waals surface area contributed by atoms with Crippen LogP contribution in [-0.4, -0.2) is 32.8 Å². The van der Waals surface area contributed by atoms with E-state index in [1.165, 1.54) is 11.8 Å². The number of benzene rings is 1. The molecule has 9 heteroatoms. The average molecular weight is 362 g/mol. The average Bonchev–Trinajstić information content (AvgIpc) is 3.00. The zero-order valence-corrected chi connectivity index (χ0v) is 15.3. The fourth-order valence-electron chi connectivity index (χ4n) is 2.50. The van der Waals surface area contributed by atoms with E-state index in [2.05, 4.69) is 10.4 Å². The van der Waals surface area contributed by atoms with Crippen LogP contribution in [0.2, 0.25) is 0 Å². The molecule has 1 heterocycles. The molecule has 2 N–H and O–H groups in total. The number of methoxy groups -OCH3 is 1. The third-order valence-electron chi connectivity index (χ3n) is 4.10. The van der Waals surface area contributed by atoms with Gasteiger partial charge in [0.15, 0.2) is 0 Å². The fraction of sp³-hybridized carbons (Fsp3) is 0.412. The van der Waals surface area contributed by atoms with Crippen molar-refractivity contribution in [1.82, 2.24) is 9.78 Å². The Kier molecular flexibility index (Phi) is 5.49. The summed E-state index contributed by atoms with van der Waals surface area (Å²) >= 11 is 0. The van der Waals surface area contributed by atoms with Gasteiger partial charge in [0.25, 0.3) is 0 Å². The second kappa shape index (κ2) is 7.42. The van der Waals surface area contributed by atoms with Crippen LogP contribution in [0.5, 0.6) is 11.6 Å². The zero-order valence-electron chi connectivity index (χ0n) is 15.3. The summed E-state index contributed by atoms with van der Waals surface area (Å²) in [5.41, 5.74) is 1.68. The number of nitrogens with zero attached hydrogens (tertiary/aromatic N) is 3. The SMILES string of the molecule is COc1nn(C(C)C(=O)Nc2cc(C(C)C)c(O)cc2C)cc1[N+](=O)[O-]. The van der Waals surface area contributed by atoms with E-state index in [0.29, 0.717) is 11.3 Å². The standard InChI is InChI=1S/C17H22N4O5/c1-9(2)12-7-13(10(3)6-15(12)22)18-16(23)11(4)20-8-14(21(24)25)17(19-20)26-5/h6-9,11,22H,1-5H3,(H,18,23). The van der Waals surface area contributed by atoms with Crippen molar-refractivity contribution in [2.45, 2.75) is 39.7 Å². The number of aromatic nitrogens is 2. The topological polar surface area (TPSA) is 120 Å². The molecule has 2 aromatic rings. The van der Waals surface area contributed by atoms with E-state index in [0.717, 1.165) is 11.8 Å². The van der Waals surface area contributed by atoms with Gasteiger partial charge >= 0.3 is 11.6 Å². The number of carbonyl (C=O) groups is 1. The summed E-state index contributed by atoms with van der Waals surface area (Å²) in [6, 6.07) is 2.53. The molecule has 1 unspecified atom stereocenters. The summed E-state index contributed by atoms with van der Waals surface area (Å²) in [7, 11) is 1.28. The molecule has 0 bridgehead atoms. The smallest absolute Gasteiger partial charge is 0.350 e. The lowest BCUT2D eigenvalue weighted by Crippen LogP contribution is -2.24. The molecule has 0 aliphatic carbocycles. The van der Waals surface area contributed by atoms with Crippen molar-refractivity contribution in [2.75, 3.05) is 12.4 Å². The Balaban J connectivity index is 2.27. The largest absolute Gasteiger partial charge is 0.508 e. The summed E-state index contributed by atoms with van der Waals surface area (Å²) < 4.78 is 6.06. The molecule has 0 fully saturated rings. The Morgan fingerprint density at radius 1 is 1.38 bits per heavy atom. The number of hydrogen-bond donors (Lipinski definition) is 2. The van der Waals surface area contributed by atoms with Gasteiger partial charge in [-0.3, -0.25) is 14.9 Å². The quantitative estimate of drug-likeness (QED) is 0.463.